The Morgan fingerprint density at radius 3 is 2.56 bits per heavy atom. The van der Waals surface area contributed by atoms with Crippen LogP contribution in [0.1, 0.15) is 6.42 Å². The van der Waals surface area contributed by atoms with Crippen molar-refractivity contribution in [3.8, 4) is 11.3 Å². The van der Waals surface area contributed by atoms with Gasteiger partial charge in [0.1, 0.15) is 17.5 Å². The van der Waals surface area contributed by atoms with E-state index in [0.29, 0.717) is 22.5 Å². The zero-order valence-electron chi connectivity index (χ0n) is 13.2. The zero-order valence-corrected chi connectivity index (χ0v) is 13.2. The maximum atomic E-state index is 14.3. The van der Waals surface area contributed by atoms with Crippen molar-refractivity contribution in [1.82, 2.24) is 15.3 Å². The van der Waals surface area contributed by atoms with E-state index < -0.39 is 17.5 Å². The summed E-state index contributed by atoms with van der Waals surface area (Å²) in [5, 5.41) is 6.91. The highest BCUT2D eigenvalue weighted by Crippen LogP contribution is 2.30. The average Bonchev–Trinajstić information content (AvgIpc) is 3.07. The molecule has 128 valence electrons. The normalized spacial score (nSPS) is 17.2. The fourth-order valence-corrected chi connectivity index (χ4v) is 3.01. The highest BCUT2D eigenvalue weighted by atomic mass is 19.1. The number of hydrogen-bond donors (Lipinski definition) is 2. The molecule has 0 radical (unpaired) electrons. The van der Waals surface area contributed by atoms with Gasteiger partial charge in [-0.1, -0.05) is 0 Å². The zero-order chi connectivity index (χ0) is 17.4. The van der Waals surface area contributed by atoms with Crippen LogP contribution in [0.25, 0.3) is 22.2 Å². The molecule has 2 aromatic carbocycles. The number of hydrogen-bond acceptors (Lipinski definition) is 4. The first-order chi connectivity index (χ1) is 12.1. The number of rotatable bonds is 3. The van der Waals surface area contributed by atoms with Crippen molar-refractivity contribution in [1.29, 1.82) is 0 Å². The monoisotopic (exact) mass is 344 g/mol. The summed E-state index contributed by atoms with van der Waals surface area (Å²) in [7, 11) is 0. The van der Waals surface area contributed by atoms with E-state index in [9.17, 15) is 13.2 Å². The van der Waals surface area contributed by atoms with Gasteiger partial charge in [0.25, 0.3) is 0 Å². The molecular formula is C18H15F3N4. The number of halogens is 3. The van der Waals surface area contributed by atoms with Crippen molar-refractivity contribution < 1.29 is 13.2 Å². The lowest BCUT2D eigenvalue weighted by atomic mass is 10.1. The Balaban J connectivity index is 1.87. The summed E-state index contributed by atoms with van der Waals surface area (Å²) in [6.07, 6.45) is 0.908. The second kappa shape index (κ2) is 6.33. The minimum absolute atomic E-state index is 0.146. The molecule has 25 heavy (non-hydrogen) atoms. The van der Waals surface area contributed by atoms with Crippen LogP contribution >= 0.6 is 0 Å². The second-order valence-corrected chi connectivity index (χ2v) is 6.02. The van der Waals surface area contributed by atoms with Crippen LogP contribution in [0.5, 0.6) is 0 Å². The van der Waals surface area contributed by atoms with E-state index in [0.717, 1.165) is 25.6 Å². The lowest BCUT2D eigenvalue weighted by Gasteiger charge is -2.14. The van der Waals surface area contributed by atoms with Crippen molar-refractivity contribution in [2.45, 2.75) is 12.5 Å². The Bertz CT molecular complexity index is 939. The van der Waals surface area contributed by atoms with E-state index in [2.05, 4.69) is 20.6 Å². The molecule has 4 nitrogen and oxygen atoms in total. The fourth-order valence-electron chi connectivity index (χ4n) is 3.01. The van der Waals surface area contributed by atoms with E-state index in [4.69, 9.17) is 0 Å². The van der Waals surface area contributed by atoms with Crippen LogP contribution < -0.4 is 10.6 Å². The standard InChI is InChI=1S/C18H15F3N4/c19-10-1-3-13(15(21)7-10)17-14-4-2-11(20)8-16(14)24-18(25-17)23-12-5-6-22-9-12/h1-4,7-8,12,22H,5-6,9H2,(H,23,24,25). The third-order valence-electron chi connectivity index (χ3n) is 4.24. The van der Waals surface area contributed by atoms with Gasteiger partial charge < -0.3 is 10.6 Å². The lowest BCUT2D eigenvalue weighted by molar-refractivity contribution is 0.585. The van der Waals surface area contributed by atoms with Crippen molar-refractivity contribution in [3.63, 3.8) is 0 Å². The summed E-state index contributed by atoms with van der Waals surface area (Å²) >= 11 is 0. The van der Waals surface area contributed by atoms with Crippen LogP contribution in [0.4, 0.5) is 19.1 Å². The largest absolute Gasteiger partial charge is 0.350 e. The first-order valence-electron chi connectivity index (χ1n) is 8.00. The molecule has 0 saturated carbocycles. The van der Waals surface area contributed by atoms with Gasteiger partial charge in [0.2, 0.25) is 5.95 Å². The van der Waals surface area contributed by atoms with E-state index >= 15 is 0 Å². The predicted molar refractivity (Wildman–Crippen MR) is 89.7 cm³/mol. The summed E-state index contributed by atoms with van der Waals surface area (Å²) in [6.45, 7) is 1.66. The maximum absolute atomic E-state index is 14.3. The number of nitrogens with one attached hydrogen (secondary N) is 2. The molecule has 1 saturated heterocycles. The van der Waals surface area contributed by atoms with Gasteiger partial charge in [0.05, 0.1) is 11.2 Å². The molecule has 4 rings (SSSR count). The molecule has 1 aliphatic heterocycles. The Labute approximate surface area is 142 Å². The van der Waals surface area contributed by atoms with Crippen LogP contribution in [0.2, 0.25) is 0 Å². The molecule has 1 atom stereocenters. The molecule has 0 aliphatic carbocycles. The molecule has 3 aromatic rings. The first kappa shape index (κ1) is 15.8. The number of aromatic nitrogens is 2. The summed E-state index contributed by atoms with van der Waals surface area (Å²) in [6, 6.07) is 7.51. The molecule has 1 fully saturated rings. The fraction of sp³-hybridized carbons (Fsp3) is 0.222. The second-order valence-electron chi connectivity index (χ2n) is 6.02. The summed E-state index contributed by atoms with van der Waals surface area (Å²) < 4.78 is 41.1. The molecule has 1 aromatic heterocycles. The highest BCUT2D eigenvalue weighted by molar-refractivity contribution is 5.93. The van der Waals surface area contributed by atoms with Crippen molar-refractivity contribution in [2.24, 2.45) is 0 Å². The topological polar surface area (TPSA) is 49.8 Å². The van der Waals surface area contributed by atoms with Gasteiger partial charge in [-0.05, 0) is 37.2 Å². The molecule has 2 heterocycles. The molecule has 0 bridgehead atoms. The summed E-state index contributed by atoms with van der Waals surface area (Å²) in [4.78, 5) is 8.77. The summed E-state index contributed by atoms with van der Waals surface area (Å²) in [5.74, 6) is -1.53. The Morgan fingerprint density at radius 2 is 1.80 bits per heavy atom. The van der Waals surface area contributed by atoms with Crippen LogP contribution in [0, 0.1) is 17.5 Å². The number of fused-ring (bicyclic) bond motifs is 1. The molecule has 0 spiro atoms. The Morgan fingerprint density at radius 1 is 1.00 bits per heavy atom. The van der Waals surface area contributed by atoms with Crippen LogP contribution in [0.3, 0.4) is 0 Å². The molecule has 0 amide bonds. The van der Waals surface area contributed by atoms with Crippen molar-refractivity contribution in [3.05, 3.63) is 53.8 Å². The van der Waals surface area contributed by atoms with Gasteiger partial charge in [-0.15, -0.1) is 0 Å². The van der Waals surface area contributed by atoms with Gasteiger partial charge in [-0.3, -0.25) is 0 Å². The molecular weight excluding hydrogens is 329 g/mol. The molecule has 1 unspecified atom stereocenters. The molecule has 2 N–H and O–H groups in total. The van der Waals surface area contributed by atoms with Crippen molar-refractivity contribution >= 4 is 16.9 Å². The van der Waals surface area contributed by atoms with E-state index in [1.54, 1.807) is 0 Å². The average molecular weight is 344 g/mol. The first-order valence-corrected chi connectivity index (χ1v) is 8.00. The van der Waals surface area contributed by atoms with Crippen molar-refractivity contribution in [2.75, 3.05) is 18.4 Å². The van der Waals surface area contributed by atoms with Crippen LogP contribution in [-0.4, -0.2) is 29.1 Å². The number of anilines is 1. The summed E-state index contributed by atoms with van der Waals surface area (Å²) in [5.41, 5.74) is 0.811. The van der Waals surface area contributed by atoms with Crippen LogP contribution in [-0.2, 0) is 0 Å². The predicted octanol–water partition coefficient (Wildman–Crippen LogP) is 3.49. The number of nitrogens with zero attached hydrogens (tertiary/aromatic N) is 2. The molecule has 7 heteroatoms. The van der Waals surface area contributed by atoms with Gasteiger partial charge >= 0.3 is 0 Å². The third-order valence-corrected chi connectivity index (χ3v) is 4.24. The van der Waals surface area contributed by atoms with Gasteiger partial charge in [0, 0.05) is 35.7 Å². The van der Waals surface area contributed by atoms with Crippen LogP contribution in [0.15, 0.2) is 36.4 Å². The lowest BCUT2D eigenvalue weighted by Crippen LogP contribution is -2.23. The maximum Gasteiger partial charge on any atom is 0.224 e. The number of benzene rings is 2. The minimum Gasteiger partial charge on any atom is -0.350 e. The quantitative estimate of drug-likeness (QED) is 0.764. The Hall–Kier alpha value is -2.67. The molecule has 1 aliphatic rings. The SMILES string of the molecule is Fc1ccc(-c2nc(NC3CCNC3)nc3cc(F)ccc23)c(F)c1. The highest BCUT2D eigenvalue weighted by Gasteiger charge is 2.18. The van der Waals surface area contributed by atoms with Gasteiger partial charge in [-0.25, -0.2) is 23.1 Å². The van der Waals surface area contributed by atoms with E-state index in [1.807, 2.05) is 0 Å². The smallest absolute Gasteiger partial charge is 0.224 e. The van der Waals surface area contributed by atoms with E-state index in [-0.39, 0.29) is 11.6 Å². The Kier molecular flexibility index (Phi) is 4.01. The van der Waals surface area contributed by atoms with Gasteiger partial charge in [0.15, 0.2) is 0 Å². The van der Waals surface area contributed by atoms with E-state index in [1.165, 1.54) is 30.3 Å². The minimum atomic E-state index is -0.724. The van der Waals surface area contributed by atoms with Gasteiger partial charge in [-0.2, -0.15) is 0 Å². The third kappa shape index (κ3) is 3.15.